The van der Waals surface area contributed by atoms with Crippen molar-refractivity contribution in [3.63, 3.8) is 0 Å². The maximum Gasteiger partial charge on any atom is 0.263 e. The molecule has 1 aromatic heterocycles. The van der Waals surface area contributed by atoms with Crippen LogP contribution in [0.4, 0.5) is 20.2 Å². The lowest BCUT2D eigenvalue weighted by Gasteiger charge is -2.16. The van der Waals surface area contributed by atoms with E-state index in [0.717, 1.165) is 29.6 Å². The normalized spacial score (nSPS) is 13.7. The molecule has 0 amide bonds. The van der Waals surface area contributed by atoms with Crippen LogP contribution in [0.2, 0.25) is 0 Å². The lowest BCUT2D eigenvalue weighted by atomic mass is 10.1. The average Bonchev–Trinajstić information content (AvgIpc) is 3.54. The molecule has 152 valence electrons. The van der Waals surface area contributed by atoms with Gasteiger partial charge in [0.2, 0.25) is 0 Å². The van der Waals surface area contributed by atoms with Crippen LogP contribution in [0.3, 0.4) is 0 Å². The van der Waals surface area contributed by atoms with Crippen LogP contribution >= 0.6 is 0 Å². The lowest BCUT2D eigenvalue weighted by Crippen LogP contribution is -2.05. The summed E-state index contributed by atoms with van der Waals surface area (Å²) in [6.45, 7) is 0.954. The number of fused-ring (bicyclic) bond motifs is 1. The molecule has 0 atom stereocenters. The second-order valence-electron chi connectivity index (χ2n) is 6.88. The van der Waals surface area contributed by atoms with Crippen LogP contribution in [0, 0.1) is 0 Å². The highest BCUT2D eigenvalue weighted by atomic mass is 19.3. The minimum absolute atomic E-state index is 0.0440. The molecular weight excluding hydrogens is 378 g/mol. The molecule has 4 rings (SSSR count). The van der Waals surface area contributed by atoms with Crippen molar-refractivity contribution < 1.29 is 23.0 Å². The molecule has 0 aliphatic heterocycles. The van der Waals surface area contributed by atoms with Gasteiger partial charge in [-0.2, -0.15) is 0 Å². The Morgan fingerprint density at radius 1 is 1.07 bits per heavy atom. The van der Waals surface area contributed by atoms with E-state index in [4.69, 9.17) is 14.2 Å². The molecule has 1 heterocycles. The summed E-state index contributed by atoms with van der Waals surface area (Å²) >= 11 is 0. The van der Waals surface area contributed by atoms with Gasteiger partial charge >= 0.3 is 0 Å². The molecule has 29 heavy (non-hydrogen) atoms. The second kappa shape index (κ2) is 8.61. The Hall–Kier alpha value is -2.93. The van der Waals surface area contributed by atoms with Crippen molar-refractivity contribution in [3.8, 4) is 11.5 Å². The van der Waals surface area contributed by atoms with E-state index >= 15 is 0 Å². The van der Waals surface area contributed by atoms with Gasteiger partial charge in [0.05, 0.1) is 23.9 Å². The molecule has 7 heteroatoms. The van der Waals surface area contributed by atoms with E-state index in [2.05, 4.69) is 10.3 Å². The molecular formula is C22H22F2N2O3. The predicted octanol–water partition coefficient (Wildman–Crippen LogP) is 5.48. The number of alkyl halides is 2. The minimum Gasteiger partial charge on any atom is -0.491 e. The van der Waals surface area contributed by atoms with Gasteiger partial charge in [0, 0.05) is 36.0 Å². The van der Waals surface area contributed by atoms with Crippen LogP contribution in [0.25, 0.3) is 10.9 Å². The van der Waals surface area contributed by atoms with Gasteiger partial charge < -0.3 is 19.5 Å². The Balaban J connectivity index is 1.62. The number of hydrogen-bond acceptors (Lipinski definition) is 5. The zero-order chi connectivity index (χ0) is 20.2. The highest BCUT2D eigenvalue weighted by molar-refractivity contribution is 5.93. The van der Waals surface area contributed by atoms with Crippen molar-refractivity contribution in [1.82, 2.24) is 4.98 Å². The number of benzene rings is 2. The summed E-state index contributed by atoms with van der Waals surface area (Å²) in [6.07, 6.45) is 1.35. The van der Waals surface area contributed by atoms with Crippen molar-refractivity contribution >= 4 is 22.3 Å². The molecule has 1 aliphatic carbocycles. The number of nitrogens with one attached hydrogen (secondary N) is 1. The third-order valence-corrected chi connectivity index (χ3v) is 4.62. The zero-order valence-corrected chi connectivity index (χ0v) is 16.0. The first-order chi connectivity index (χ1) is 14.1. The standard InChI is InChI=1S/C22H22F2N2O3/c1-27-10-11-28-16-5-7-19(21(13-16)29-15-3-4-15)26-18-8-9-25-20-12-14(22(23)24)2-6-17(18)20/h2,5-9,12-13,15,22H,3-4,10-11H2,1H3,(H,25,26). The molecule has 3 aromatic rings. The maximum absolute atomic E-state index is 13.0. The van der Waals surface area contributed by atoms with Crippen LogP contribution in [0.5, 0.6) is 11.5 Å². The van der Waals surface area contributed by atoms with Gasteiger partial charge in [-0.05, 0) is 37.1 Å². The number of methoxy groups -OCH3 is 1. The fraction of sp³-hybridized carbons (Fsp3) is 0.318. The Bertz CT molecular complexity index is 993. The van der Waals surface area contributed by atoms with Crippen molar-refractivity contribution in [3.05, 3.63) is 54.2 Å². The highest BCUT2D eigenvalue weighted by Gasteiger charge is 2.25. The van der Waals surface area contributed by atoms with Gasteiger partial charge in [0.1, 0.15) is 18.1 Å². The summed E-state index contributed by atoms with van der Waals surface area (Å²) in [5.74, 6) is 1.39. The summed E-state index contributed by atoms with van der Waals surface area (Å²) in [7, 11) is 1.63. The minimum atomic E-state index is -2.53. The van der Waals surface area contributed by atoms with Gasteiger partial charge in [0.25, 0.3) is 6.43 Å². The Morgan fingerprint density at radius 3 is 2.69 bits per heavy atom. The third kappa shape index (κ3) is 4.74. The molecule has 1 fully saturated rings. The second-order valence-corrected chi connectivity index (χ2v) is 6.88. The maximum atomic E-state index is 13.0. The molecule has 1 saturated carbocycles. The van der Waals surface area contributed by atoms with Gasteiger partial charge in [-0.25, -0.2) is 8.78 Å². The third-order valence-electron chi connectivity index (χ3n) is 4.62. The van der Waals surface area contributed by atoms with Crippen LogP contribution in [0.1, 0.15) is 24.8 Å². The number of anilines is 2. The first-order valence-corrected chi connectivity index (χ1v) is 9.50. The summed E-state index contributed by atoms with van der Waals surface area (Å²) in [4.78, 5) is 4.23. The van der Waals surface area contributed by atoms with E-state index in [-0.39, 0.29) is 11.7 Å². The van der Waals surface area contributed by atoms with E-state index in [1.54, 1.807) is 19.4 Å². The molecule has 5 nitrogen and oxygen atoms in total. The quantitative estimate of drug-likeness (QED) is 0.482. The average molecular weight is 400 g/mol. The Kier molecular flexibility index (Phi) is 5.76. The van der Waals surface area contributed by atoms with Crippen LogP contribution < -0.4 is 14.8 Å². The van der Waals surface area contributed by atoms with Crippen LogP contribution in [-0.2, 0) is 4.74 Å². The lowest BCUT2D eigenvalue weighted by molar-refractivity contribution is 0.146. The summed E-state index contributed by atoms with van der Waals surface area (Å²) in [5.41, 5.74) is 2.01. The zero-order valence-electron chi connectivity index (χ0n) is 16.0. The number of pyridine rings is 1. The van der Waals surface area contributed by atoms with Gasteiger partial charge in [0.15, 0.2) is 0 Å². The van der Waals surface area contributed by atoms with Gasteiger partial charge in [-0.3, -0.25) is 4.98 Å². The Morgan fingerprint density at radius 2 is 1.93 bits per heavy atom. The molecule has 1 N–H and O–H groups in total. The molecule has 2 aromatic carbocycles. The van der Waals surface area contributed by atoms with Crippen molar-refractivity contribution in [1.29, 1.82) is 0 Å². The number of hydrogen-bond donors (Lipinski definition) is 1. The molecule has 0 spiro atoms. The number of aromatic nitrogens is 1. The van der Waals surface area contributed by atoms with E-state index in [9.17, 15) is 8.78 Å². The number of rotatable bonds is 9. The fourth-order valence-electron chi connectivity index (χ4n) is 2.96. The molecule has 0 unspecified atom stereocenters. The summed E-state index contributed by atoms with van der Waals surface area (Å²) in [5, 5.41) is 4.12. The highest BCUT2D eigenvalue weighted by Crippen LogP contribution is 2.37. The first kappa shape index (κ1) is 19.4. The van der Waals surface area contributed by atoms with Crippen molar-refractivity contribution in [2.24, 2.45) is 0 Å². The van der Waals surface area contributed by atoms with Gasteiger partial charge in [-0.1, -0.05) is 12.1 Å². The van der Waals surface area contributed by atoms with Gasteiger partial charge in [-0.15, -0.1) is 0 Å². The SMILES string of the molecule is COCCOc1ccc(Nc2ccnc3cc(C(F)F)ccc23)c(OC2CC2)c1. The predicted molar refractivity (Wildman–Crippen MR) is 107 cm³/mol. The topological polar surface area (TPSA) is 52.6 Å². The number of nitrogens with zero attached hydrogens (tertiary/aromatic N) is 1. The van der Waals surface area contributed by atoms with Crippen molar-refractivity contribution in [2.45, 2.75) is 25.4 Å². The smallest absolute Gasteiger partial charge is 0.263 e. The van der Waals surface area contributed by atoms with E-state index in [1.165, 1.54) is 12.1 Å². The van der Waals surface area contributed by atoms with Crippen molar-refractivity contribution in [2.75, 3.05) is 25.6 Å². The largest absolute Gasteiger partial charge is 0.491 e. The van der Waals surface area contributed by atoms with E-state index in [0.29, 0.717) is 30.2 Å². The van der Waals surface area contributed by atoms with Crippen LogP contribution in [-0.4, -0.2) is 31.4 Å². The molecule has 0 bridgehead atoms. The molecule has 0 radical (unpaired) electrons. The molecule has 0 saturated heterocycles. The Labute approximate surface area is 167 Å². The molecule has 1 aliphatic rings. The summed E-state index contributed by atoms with van der Waals surface area (Å²) in [6, 6.07) is 11.9. The van der Waals surface area contributed by atoms with E-state index in [1.807, 2.05) is 24.3 Å². The number of halogens is 2. The first-order valence-electron chi connectivity index (χ1n) is 9.50. The summed E-state index contributed by atoms with van der Waals surface area (Å²) < 4.78 is 42.7. The number of ether oxygens (including phenoxy) is 3. The van der Waals surface area contributed by atoms with Crippen LogP contribution in [0.15, 0.2) is 48.7 Å². The monoisotopic (exact) mass is 400 g/mol. The van der Waals surface area contributed by atoms with E-state index < -0.39 is 6.43 Å². The fourth-order valence-corrected chi connectivity index (χ4v) is 2.96.